The van der Waals surface area contributed by atoms with E-state index in [1.54, 1.807) is 35.5 Å². The van der Waals surface area contributed by atoms with Gasteiger partial charge in [0.1, 0.15) is 5.82 Å². The molecule has 3 aromatic rings. The number of nitrogens with zero attached hydrogens (tertiary/aromatic N) is 4. The molecular weight excluding hydrogens is 347 g/mol. The summed E-state index contributed by atoms with van der Waals surface area (Å²) in [4.78, 5) is 22.7. The van der Waals surface area contributed by atoms with Crippen molar-refractivity contribution < 1.29 is 13.7 Å². The molecule has 0 radical (unpaired) electrons. The summed E-state index contributed by atoms with van der Waals surface area (Å²) in [6, 6.07) is 10.0. The van der Waals surface area contributed by atoms with Gasteiger partial charge in [0.25, 0.3) is 5.89 Å². The van der Waals surface area contributed by atoms with Crippen LogP contribution in [0.2, 0.25) is 0 Å². The van der Waals surface area contributed by atoms with Crippen LogP contribution in [-0.4, -0.2) is 39.0 Å². The maximum Gasteiger partial charge on any atom is 0.258 e. The lowest BCUT2D eigenvalue weighted by Gasteiger charge is -2.30. The maximum absolute atomic E-state index is 13.7. The summed E-state index contributed by atoms with van der Waals surface area (Å²) in [6.45, 7) is 1.22. The molecule has 0 aliphatic carbocycles. The highest BCUT2D eigenvalue weighted by Crippen LogP contribution is 2.28. The molecule has 0 saturated carbocycles. The van der Waals surface area contributed by atoms with Gasteiger partial charge in [-0.15, -0.1) is 0 Å². The Kier molecular flexibility index (Phi) is 4.91. The predicted molar refractivity (Wildman–Crippen MR) is 96.2 cm³/mol. The third-order valence-electron chi connectivity index (χ3n) is 4.88. The van der Waals surface area contributed by atoms with Gasteiger partial charge in [0.2, 0.25) is 5.91 Å². The largest absolute Gasteiger partial charge is 0.342 e. The number of halogens is 1. The predicted octanol–water partition coefficient (Wildman–Crippen LogP) is 3.22. The number of hydrogen-bond donors (Lipinski definition) is 0. The maximum atomic E-state index is 13.7. The molecule has 1 aromatic carbocycles. The number of likely N-dealkylation sites (tertiary alicyclic amines) is 1. The smallest absolute Gasteiger partial charge is 0.258 e. The lowest BCUT2D eigenvalue weighted by Crippen LogP contribution is -2.39. The number of rotatable bonds is 4. The van der Waals surface area contributed by atoms with Crippen LogP contribution in [0.15, 0.2) is 53.3 Å². The zero-order valence-corrected chi connectivity index (χ0v) is 14.7. The van der Waals surface area contributed by atoms with E-state index >= 15 is 0 Å². The van der Waals surface area contributed by atoms with Crippen LogP contribution in [0.25, 0.3) is 11.5 Å². The average Bonchev–Trinajstić information content (AvgIpc) is 3.21. The van der Waals surface area contributed by atoms with Crippen molar-refractivity contribution in [3.05, 3.63) is 66.0 Å². The van der Waals surface area contributed by atoms with Crippen molar-refractivity contribution in [1.82, 2.24) is 20.0 Å². The van der Waals surface area contributed by atoms with Crippen molar-refractivity contribution in [2.24, 2.45) is 0 Å². The average molecular weight is 366 g/mol. The number of piperidine rings is 1. The van der Waals surface area contributed by atoms with Gasteiger partial charge in [-0.05, 0) is 36.6 Å². The highest BCUT2D eigenvalue weighted by molar-refractivity contribution is 5.79. The Morgan fingerprint density at radius 2 is 1.89 bits per heavy atom. The molecule has 1 amide bonds. The minimum atomic E-state index is -0.337. The first kappa shape index (κ1) is 17.3. The van der Waals surface area contributed by atoms with E-state index in [1.807, 2.05) is 12.1 Å². The monoisotopic (exact) mass is 366 g/mol. The van der Waals surface area contributed by atoms with E-state index in [0.29, 0.717) is 30.4 Å². The van der Waals surface area contributed by atoms with Crippen molar-refractivity contribution in [2.75, 3.05) is 13.1 Å². The van der Waals surface area contributed by atoms with Crippen molar-refractivity contribution in [3.63, 3.8) is 0 Å². The van der Waals surface area contributed by atoms with Gasteiger partial charge in [0.05, 0.1) is 6.42 Å². The molecule has 6 nitrogen and oxygen atoms in total. The number of carbonyl (C=O) groups is 1. The molecule has 0 unspecified atom stereocenters. The Labute approximate surface area is 156 Å². The van der Waals surface area contributed by atoms with Crippen LogP contribution < -0.4 is 0 Å². The van der Waals surface area contributed by atoms with E-state index in [4.69, 9.17) is 4.52 Å². The third-order valence-corrected chi connectivity index (χ3v) is 4.88. The second-order valence-electron chi connectivity index (χ2n) is 6.62. The summed E-state index contributed by atoms with van der Waals surface area (Å²) in [5.41, 5.74) is 1.27. The van der Waals surface area contributed by atoms with E-state index in [-0.39, 0.29) is 24.1 Å². The molecule has 2 aromatic heterocycles. The SMILES string of the molecule is O=C(Cc1ccccc1F)N1CCC(c2noc(-c3ccncc3)n2)CC1. The van der Waals surface area contributed by atoms with Gasteiger partial charge in [0.15, 0.2) is 5.82 Å². The standard InChI is InChI=1S/C20H19FN4O2/c21-17-4-2-1-3-16(17)13-18(26)25-11-7-14(8-12-25)19-23-20(27-24-19)15-5-9-22-10-6-15/h1-6,9-10,14H,7-8,11-13H2. The van der Waals surface area contributed by atoms with E-state index in [9.17, 15) is 9.18 Å². The number of pyridine rings is 1. The van der Waals surface area contributed by atoms with Crippen LogP contribution >= 0.6 is 0 Å². The lowest BCUT2D eigenvalue weighted by atomic mass is 9.95. The molecule has 1 aliphatic heterocycles. The minimum Gasteiger partial charge on any atom is -0.342 e. The zero-order chi connectivity index (χ0) is 18.6. The summed E-state index contributed by atoms with van der Waals surface area (Å²) in [6.07, 6.45) is 4.97. The van der Waals surface area contributed by atoms with Gasteiger partial charge in [0, 0.05) is 37.0 Å². The fourth-order valence-corrected chi connectivity index (χ4v) is 3.32. The van der Waals surface area contributed by atoms with E-state index in [1.165, 1.54) is 6.07 Å². The second kappa shape index (κ2) is 7.65. The Morgan fingerprint density at radius 3 is 2.63 bits per heavy atom. The second-order valence-corrected chi connectivity index (χ2v) is 6.62. The molecule has 27 heavy (non-hydrogen) atoms. The molecule has 0 atom stereocenters. The first-order valence-electron chi connectivity index (χ1n) is 8.96. The summed E-state index contributed by atoms with van der Waals surface area (Å²) < 4.78 is 19.1. The Hall–Kier alpha value is -3.09. The fourth-order valence-electron chi connectivity index (χ4n) is 3.32. The highest BCUT2D eigenvalue weighted by atomic mass is 19.1. The van der Waals surface area contributed by atoms with E-state index in [0.717, 1.165) is 18.4 Å². The molecule has 1 fully saturated rings. The van der Waals surface area contributed by atoms with Crippen molar-refractivity contribution >= 4 is 5.91 Å². The minimum absolute atomic E-state index is 0.0517. The fraction of sp³-hybridized carbons (Fsp3) is 0.300. The van der Waals surface area contributed by atoms with Crippen LogP contribution in [0.1, 0.15) is 30.1 Å². The van der Waals surface area contributed by atoms with Crippen LogP contribution in [0.5, 0.6) is 0 Å². The van der Waals surface area contributed by atoms with Gasteiger partial charge in [-0.25, -0.2) is 4.39 Å². The van der Waals surface area contributed by atoms with Crippen LogP contribution in [0.3, 0.4) is 0 Å². The number of benzene rings is 1. The van der Waals surface area contributed by atoms with Crippen LogP contribution in [-0.2, 0) is 11.2 Å². The number of hydrogen-bond acceptors (Lipinski definition) is 5. The molecule has 0 N–H and O–H groups in total. The Bertz CT molecular complexity index is 920. The lowest BCUT2D eigenvalue weighted by molar-refractivity contribution is -0.131. The highest BCUT2D eigenvalue weighted by Gasteiger charge is 2.27. The Morgan fingerprint density at radius 1 is 1.15 bits per heavy atom. The Balaban J connectivity index is 1.36. The van der Waals surface area contributed by atoms with Crippen LogP contribution in [0.4, 0.5) is 4.39 Å². The van der Waals surface area contributed by atoms with Gasteiger partial charge >= 0.3 is 0 Å². The van der Waals surface area contributed by atoms with Gasteiger partial charge < -0.3 is 9.42 Å². The summed E-state index contributed by atoms with van der Waals surface area (Å²) in [5.74, 6) is 0.913. The first-order valence-corrected chi connectivity index (χ1v) is 8.96. The summed E-state index contributed by atoms with van der Waals surface area (Å²) in [7, 11) is 0. The molecule has 1 aliphatic rings. The zero-order valence-electron chi connectivity index (χ0n) is 14.7. The quantitative estimate of drug-likeness (QED) is 0.709. The van der Waals surface area contributed by atoms with Gasteiger partial charge in [-0.2, -0.15) is 4.98 Å². The van der Waals surface area contributed by atoms with Crippen molar-refractivity contribution in [1.29, 1.82) is 0 Å². The molecule has 0 bridgehead atoms. The molecule has 7 heteroatoms. The molecular formula is C20H19FN4O2. The summed E-state index contributed by atoms with van der Waals surface area (Å²) >= 11 is 0. The van der Waals surface area contributed by atoms with Crippen LogP contribution in [0, 0.1) is 5.82 Å². The number of aromatic nitrogens is 3. The molecule has 138 valence electrons. The van der Waals surface area contributed by atoms with Crippen molar-refractivity contribution in [3.8, 4) is 11.5 Å². The topological polar surface area (TPSA) is 72.1 Å². The molecule has 0 spiro atoms. The normalized spacial score (nSPS) is 15.1. The van der Waals surface area contributed by atoms with Gasteiger partial charge in [-0.1, -0.05) is 23.4 Å². The van der Waals surface area contributed by atoms with E-state index < -0.39 is 0 Å². The van der Waals surface area contributed by atoms with E-state index in [2.05, 4.69) is 15.1 Å². The third kappa shape index (κ3) is 3.86. The first-order chi connectivity index (χ1) is 13.2. The molecule has 4 rings (SSSR count). The number of carbonyl (C=O) groups excluding carboxylic acids is 1. The molecule has 3 heterocycles. The number of amides is 1. The molecule has 1 saturated heterocycles. The van der Waals surface area contributed by atoms with Crippen molar-refractivity contribution in [2.45, 2.75) is 25.2 Å². The summed E-state index contributed by atoms with van der Waals surface area (Å²) in [5, 5.41) is 4.11. The van der Waals surface area contributed by atoms with Gasteiger partial charge in [-0.3, -0.25) is 9.78 Å².